The third-order valence-corrected chi connectivity index (χ3v) is 7.17. The van der Waals surface area contributed by atoms with Gasteiger partial charge in [0.05, 0.1) is 11.5 Å². The number of rotatable bonds is 6. The predicted molar refractivity (Wildman–Crippen MR) is 81.6 cm³/mol. The maximum atomic E-state index is 11.6. The van der Waals surface area contributed by atoms with E-state index in [1.54, 1.807) is 0 Å². The van der Waals surface area contributed by atoms with Gasteiger partial charge in [-0.05, 0) is 44.6 Å². The van der Waals surface area contributed by atoms with E-state index < -0.39 is 9.84 Å². The van der Waals surface area contributed by atoms with Crippen LogP contribution < -0.4 is 5.32 Å². The molecule has 2 saturated carbocycles. The summed E-state index contributed by atoms with van der Waals surface area (Å²) in [5.74, 6) is 0.755. The van der Waals surface area contributed by atoms with Crippen molar-refractivity contribution in [3.05, 3.63) is 0 Å². The zero-order chi connectivity index (χ0) is 14.2. The summed E-state index contributed by atoms with van der Waals surface area (Å²) in [4.78, 5) is 2.34. The van der Waals surface area contributed by atoms with Crippen molar-refractivity contribution in [1.29, 1.82) is 0 Å². The van der Waals surface area contributed by atoms with Crippen LogP contribution in [0.15, 0.2) is 0 Å². The van der Waals surface area contributed by atoms with Crippen LogP contribution in [0.25, 0.3) is 0 Å². The molecule has 0 spiro atoms. The number of nitrogens with zero attached hydrogens (tertiary/aromatic N) is 1. The van der Waals surface area contributed by atoms with Crippen molar-refractivity contribution >= 4 is 9.84 Å². The van der Waals surface area contributed by atoms with Crippen LogP contribution in [0.1, 0.15) is 44.9 Å². The van der Waals surface area contributed by atoms with Crippen LogP contribution in [-0.2, 0) is 9.84 Å². The molecule has 5 heteroatoms. The van der Waals surface area contributed by atoms with Crippen molar-refractivity contribution in [3.63, 3.8) is 0 Å². The molecule has 1 saturated heterocycles. The van der Waals surface area contributed by atoms with E-state index in [1.807, 2.05) is 0 Å². The molecule has 2 aliphatic carbocycles. The van der Waals surface area contributed by atoms with E-state index >= 15 is 0 Å². The van der Waals surface area contributed by atoms with Crippen LogP contribution in [-0.4, -0.2) is 57.0 Å². The first-order valence-electron chi connectivity index (χ1n) is 8.12. The van der Waals surface area contributed by atoms with E-state index in [9.17, 15) is 8.42 Å². The normalized spacial score (nSPS) is 32.0. The highest BCUT2D eigenvalue weighted by molar-refractivity contribution is 7.91. The fourth-order valence-corrected chi connectivity index (χ4v) is 5.75. The molecule has 0 bridgehead atoms. The van der Waals surface area contributed by atoms with E-state index in [0.717, 1.165) is 25.6 Å². The standard InChI is InChI=1S/C15H28N2O2S/c1-17(14-6-9-20(18,19)10-14)12-15(7-2-3-8-15)11-16-13-4-5-13/h13-14,16H,2-12H2,1H3. The Hall–Kier alpha value is -0.130. The summed E-state index contributed by atoms with van der Waals surface area (Å²) in [5.41, 5.74) is 0.393. The van der Waals surface area contributed by atoms with Crippen LogP contribution in [0.3, 0.4) is 0 Å². The van der Waals surface area contributed by atoms with E-state index in [2.05, 4.69) is 17.3 Å². The molecule has 4 nitrogen and oxygen atoms in total. The van der Waals surface area contributed by atoms with E-state index in [-0.39, 0.29) is 6.04 Å². The second kappa shape index (κ2) is 5.58. The SMILES string of the molecule is CN(CC1(CNC2CC2)CCCC1)C1CCS(=O)(=O)C1. The molecule has 20 heavy (non-hydrogen) atoms. The van der Waals surface area contributed by atoms with Crippen LogP contribution in [0.2, 0.25) is 0 Å². The summed E-state index contributed by atoms with van der Waals surface area (Å²) in [5, 5.41) is 3.71. The van der Waals surface area contributed by atoms with E-state index in [0.29, 0.717) is 16.9 Å². The van der Waals surface area contributed by atoms with Crippen LogP contribution >= 0.6 is 0 Å². The third-order valence-electron chi connectivity index (χ3n) is 5.42. The minimum Gasteiger partial charge on any atom is -0.313 e. The van der Waals surface area contributed by atoms with Gasteiger partial charge in [-0.25, -0.2) is 8.42 Å². The zero-order valence-electron chi connectivity index (χ0n) is 12.6. The zero-order valence-corrected chi connectivity index (χ0v) is 13.4. The van der Waals surface area contributed by atoms with E-state index in [1.165, 1.54) is 38.5 Å². The molecule has 0 aromatic heterocycles. The summed E-state index contributed by atoms with van der Waals surface area (Å²) in [6.07, 6.45) is 8.78. The molecule has 0 aromatic rings. The molecule has 1 N–H and O–H groups in total. The van der Waals surface area contributed by atoms with Gasteiger partial charge in [0.25, 0.3) is 0 Å². The van der Waals surface area contributed by atoms with Crippen molar-refractivity contribution in [1.82, 2.24) is 10.2 Å². The third kappa shape index (κ3) is 3.55. The number of sulfone groups is 1. The maximum Gasteiger partial charge on any atom is 0.151 e. The first-order valence-corrected chi connectivity index (χ1v) is 9.94. The lowest BCUT2D eigenvalue weighted by Gasteiger charge is -2.36. The summed E-state index contributed by atoms with van der Waals surface area (Å²) in [6, 6.07) is 1.02. The van der Waals surface area contributed by atoms with Crippen molar-refractivity contribution < 1.29 is 8.42 Å². The topological polar surface area (TPSA) is 49.4 Å². The van der Waals surface area contributed by atoms with Crippen LogP contribution in [0, 0.1) is 5.41 Å². The maximum absolute atomic E-state index is 11.6. The summed E-state index contributed by atoms with van der Waals surface area (Å²) < 4.78 is 23.3. The minimum absolute atomic E-state index is 0.249. The van der Waals surface area contributed by atoms with Gasteiger partial charge in [-0.2, -0.15) is 0 Å². The van der Waals surface area contributed by atoms with Gasteiger partial charge in [0.2, 0.25) is 0 Å². The average Bonchev–Trinajstić information content (AvgIpc) is 3.00. The number of nitrogens with one attached hydrogen (secondary N) is 1. The second-order valence-electron chi connectivity index (χ2n) is 7.33. The molecular weight excluding hydrogens is 272 g/mol. The Kier molecular flexibility index (Phi) is 4.13. The Morgan fingerprint density at radius 1 is 1.20 bits per heavy atom. The van der Waals surface area contributed by atoms with Gasteiger partial charge in [0.15, 0.2) is 9.84 Å². The molecule has 0 radical (unpaired) electrons. The van der Waals surface area contributed by atoms with Gasteiger partial charge in [-0.1, -0.05) is 12.8 Å². The van der Waals surface area contributed by atoms with Gasteiger partial charge >= 0.3 is 0 Å². The number of hydrogen-bond acceptors (Lipinski definition) is 4. The quantitative estimate of drug-likeness (QED) is 0.806. The highest BCUT2D eigenvalue weighted by Crippen LogP contribution is 2.39. The molecule has 3 fully saturated rings. The molecule has 1 atom stereocenters. The van der Waals surface area contributed by atoms with Crippen LogP contribution in [0.4, 0.5) is 0 Å². The highest BCUT2D eigenvalue weighted by Gasteiger charge is 2.39. The van der Waals surface area contributed by atoms with Gasteiger partial charge < -0.3 is 10.2 Å². The monoisotopic (exact) mass is 300 g/mol. The fourth-order valence-electron chi connectivity index (χ4n) is 3.95. The van der Waals surface area contributed by atoms with Crippen molar-refractivity contribution in [2.24, 2.45) is 5.41 Å². The van der Waals surface area contributed by atoms with Gasteiger partial charge in [-0.15, -0.1) is 0 Å². The molecule has 0 aromatic carbocycles. The van der Waals surface area contributed by atoms with Gasteiger partial charge in [0.1, 0.15) is 0 Å². The molecule has 3 rings (SSSR count). The predicted octanol–water partition coefficient (Wildman–Crippen LogP) is 1.42. The Labute approximate surface area is 123 Å². The Morgan fingerprint density at radius 3 is 2.45 bits per heavy atom. The molecule has 3 aliphatic rings. The Morgan fingerprint density at radius 2 is 1.90 bits per heavy atom. The Balaban J connectivity index is 1.57. The summed E-state index contributed by atoms with van der Waals surface area (Å²) in [7, 11) is -0.639. The molecule has 1 aliphatic heterocycles. The minimum atomic E-state index is -2.77. The van der Waals surface area contributed by atoms with Gasteiger partial charge in [0, 0.05) is 25.2 Å². The van der Waals surface area contributed by atoms with Crippen molar-refractivity contribution in [3.8, 4) is 0 Å². The average molecular weight is 300 g/mol. The molecule has 116 valence electrons. The van der Waals surface area contributed by atoms with Crippen molar-refractivity contribution in [2.75, 3.05) is 31.6 Å². The first-order chi connectivity index (χ1) is 9.48. The van der Waals surface area contributed by atoms with Gasteiger partial charge in [-0.3, -0.25) is 0 Å². The summed E-state index contributed by atoms with van der Waals surface area (Å²) in [6.45, 7) is 2.19. The molecule has 0 amide bonds. The molecule has 1 unspecified atom stereocenters. The summed E-state index contributed by atoms with van der Waals surface area (Å²) >= 11 is 0. The lowest BCUT2D eigenvalue weighted by atomic mass is 9.85. The Bertz CT molecular complexity index is 439. The second-order valence-corrected chi connectivity index (χ2v) is 9.56. The molecule has 1 heterocycles. The van der Waals surface area contributed by atoms with Crippen LogP contribution in [0.5, 0.6) is 0 Å². The lowest BCUT2D eigenvalue weighted by Crippen LogP contribution is -2.45. The van der Waals surface area contributed by atoms with Crippen molar-refractivity contribution in [2.45, 2.75) is 57.0 Å². The smallest absolute Gasteiger partial charge is 0.151 e. The number of hydrogen-bond donors (Lipinski definition) is 1. The highest BCUT2D eigenvalue weighted by atomic mass is 32.2. The largest absolute Gasteiger partial charge is 0.313 e. The molecular formula is C15H28N2O2S. The first kappa shape index (κ1) is 14.8. The lowest BCUT2D eigenvalue weighted by molar-refractivity contribution is 0.143. The fraction of sp³-hybridized carbons (Fsp3) is 1.00. The van der Waals surface area contributed by atoms with E-state index in [4.69, 9.17) is 0 Å².